The van der Waals surface area contributed by atoms with Crippen molar-refractivity contribution in [2.24, 2.45) is 0 Å². The van der Waals surface area contributed by atoms with Crippen molar-refractivity contribution in [2.75, 3.05) is 5.01 Å². The van der Waals surface area contributed by atoms with Crippen molar-refractivity contribution >= 4 is 29.3 Å². The number of nitrogens with zero attached hydrogens (tertiary/aromatic N) is 2. The normalized spacial score (nSPS) is 15.8. The molecule has 1 heterocycles. The van der Waals surface area contributed by atoms with Crippen LogP contribution in [0.4, 0.5) is 11.4 Å². The summed E-state index contributed by atoms with van der Waals surface area (Å²) in [6, 6.07) is 14.3. The first-order chi connectivity index (χ1) is 11.1. The Labute approximate surface area is 131 Å². The highest BCUT2D eigenvalue weighted by atomic mass is 16.6. The minimum absolute atomic E-state index is 0.0253. The van der Waals surface area contributed by atoms with Crippen molar-refractivity contribution in [3.8, 4) is 0 Å². The minimum Gasteiger partial charge on any atom is -0.267 e. The molecule has 0 aromatic heterocycles. The predicted octanol–water partition coefficient (Wildman–Crippen LogP) is 2.06. The van der Waals surface area contributed by atoms with E-state index in [2.05, 4.69) is 5.43 Å². The van der Waals surface area contributed by atoms with Gasteiger partial charge in [-0.05, 0) is 35.9 Å². The van der Waals surface area contributed by atoms with Crippen molar-refractivity contribution < 1.29 is 14.5 Å². The van der Waals surface area contributed by atoms with Gasteiger partial charge in [0.2, 0.25) is 0 Å². The van der Waals surface area contributed by atoms with E-state index in [-0.39, 0.29) is 11.3 Å². The van der Waals surface area contributed by atoms with Crippen molar-refractivity contribution in [1.29, 1.82) is 0 Å². The van der Waals surface area contributed by atoms with Gasteiger partial charge in [0.1, 0.15) is 5.57 Å². The van der Waals surface area contributed by atoms with Crippen LogP contribution >= 0.6 is 0 Å². The van der Waals surface area contributed by atoms with E-state index in [1.165, 1.54) is 35.4 Å². The number of benzene rings is 2. The largest absolute Gasteiger partial charge is 0.282 e. The zero-order valence-electron chi connectivity index (χ0n) is 11.8. The van der Waals surface area contributed by atoms with Gasteiger partial charge in [0.05, 0.1) is 10.6 Å². The van der Waals surface area contributed by atoms with Crippen LogP contribution in [0.1, 0.15) is 5.56 Å². The van der Waals surface area contributed by atoms with Crippen LogP contribution < -0.4 is 10.4 Å². The number of amides is 2. The molecular weight excluding hydrogens is 298 g/mol. The van der Waals surface area contributed by atoms with E-state index in [9.17, 15) is 19.7 Å². The van der Waals surface area contributed by atoms with Gasteiger partial charge in [0, 0.05) is 12.1 Å². The lowest BCUT2D eigenvalue weighted by molar-refractivity contribution is -0.384. The molecule has 1 aliphatic heterocycles. The third kappa shape index (κ3) is 2.80. The third-order valence-electron chi connectivity index (χ3n) is 3.32. The summed E-state index contributed by atoms with van der Waals surface area (Å²) in [6.45, 7) is 0. The van der Waals surface area contributed by atoms with Gasteiger partial charge < -0.3 is 0 Å². The van der Waals surface area contributed by atoms with Gasteiger partial charge in [-0.15, -0.1) is 0 Å². The second kappa shape index (κ2) is 5.72. The molecular formula is C16H11N3O4. The van der Waals surface area contributed by atoms with Crippen LogP contribution in [0.15, 0.2) is 60.2 Å². The van der Waals surface area contributed by atoms with E-state index >= 15 is 0 Å². The van der Waals surface area contributed by atoms with E-state index in [1.54, 1.807) is 30.3 Å². The molecule has 3 rings (SSSR count). The van der Waals surface area contributed by atoms with E-state index in [0.29, 0.717) is 11.3 Å². The minimum atomic E-state index is -0.516. The summed E-state index contributed by atoms with van der Waals surface area (Å²) in [5.41, 5.74) is 3.49. The van der Waals surface area contributed by atoms with Gasteiger partial charge in [-0.1, -0.05) is 18.2 Å². The summed E-state index contributed by atoms with van der Waals surface area (Å²) in [6.07, 6.45) is 1.41. The van der Waals surface area contributed by atoms with E-state index in [4.69, 9.17) is 0 Å². The standard InChI is InChI=1S/C16H11N3O4/c20-15-14(10-11-6-8-13(9-7-11)19(22)23)16(21)18(17-15)12-4-2-1-3-5-12/h1-10H,(H,17,20)/b14-10+. The fraction of sp³-hybridized carbons (Fsp3) is 0. The molecule has 0 unspecified atom stereocenters. The summed E-state index contributed by atoms with van der Waals surface area (Å²) in [7, 11) is 0. The van der Waals surface area contributed by atoms with Crippen molar-refractivity contribution in [1.82, 2.24) is 5.43 Å². The zero-order valence-corrected chi connectivity index (χ0v) is 11.8. The van der Waals surface area contributed by atoms with Crippen molar-refractivity contribution in [2.45, 2.75) is 0 Å². The van der Waals surface area contributed by atoms with Crippen LogP contribution in [-0.4, -0.2) is 16.7 Å². The average Bonchev–Trinajstić information content (AvgIpc) is 2.84. The number of hydrogen-bond acceptors (Lipinski definition) is 4. The summed E-state index contributed by atoms with van der Waals surface area (Å²) < 4.78 is 0. The predicted molar refractivity (Wildman–Crippen MR) is 83.1 cm³/mol. The lowest BCUT2D eigenvalue weighted by Gasteiger charge is -2.13. The molecule has 1 aliphatic rings. The number of nitro benzene ring substituents is 1. The average molecular weight is 309 g/mol. The Kier molecular flexibility index (Phi) is 3.60. The summed E-state index contributed by atoms with van der Waals surface area (Å²) in [5.74, 6) is -0.989. The molecule has 0 spiro atoms. The third-order valence-corrected chi connectivity index (χ3v) is 3.32. The Morgan fingerprint density at radius 1 is 1.00 bits per heavy atom. The van der Waals surface area contributed by atoms with Crippen LogP contribution in [0, 0.1) is 10.1 Å². The van der Waals surface area contributed by atoms with Crippen LogP contribution in [0.3, 0.4) is 0 Å². The molecule has 2 aromatic rings. The second-order valence-electron chi connectivity index (χ2n) is 4.82. The molecule has 0 atom stereocenters. The highest BCUT2D eigenvalue weighted by molar-refractivity contribution is 6.31. The summed E-state index contributed by atoms with van der Waals surface area (Å²) in [4.78, 5) is 34.5. The number of para-hydroxylation sites is 1. The number of rotatable bonds is 3. The molecule has 1 N–H and O–H groups in total. The highest BCUT2D eigenvalue weighted by Crippen LogP contribution is 2.21. The van der Waals surface area contributed by atoms with E-state index < -0.39 is 16.7 Å². The lowest BCUT2D eigenvalue weighted by atomic mass is 10.1. The first-order valence-corrected chi connectivity index (χ1v) is 6.73. The molecule has 7 heteroatoms. The van der Waals surface area contributed by atoms with Gasteiger partial charge in [-0.3, -0.25) is 25.1 Å². The Morgan fingerprint density at radius 2 is 1.65 bits per heavy atom. The molecule has 2 aromatic carbocycles. The monoisotopic (exact) mass is 309 g/mol. The maximum Gasteiger partial charge on any atom is 0.282 e. The Hall–Kier alpha value is -3.48. The number of hydrazine groups is 1. The Morgan fingerprint density at radius 3 is 2.26 bits per heavy atom. The van der Waals surface area contributed by atoms with Gasteiger partial charge in [-0.2, -0.15) is 0 Å². The topological polar surface area (TPSA) is 92.6 Å². The molecule has 114 valence electrons. The second-order valence-corrected chi connectivity index (χ2v) is 4.82. The molecule has 0 bridgehead atoms. The number of nitro groups is 1. The van der Waals surface area contributed by atoms with Crippen LogP contribution in [0.2, 0.25) is 0 Å². The molecule has 0 saturated carbocycles. The first kappa shape index (κ1) is 14.5. The molecule has 1 saturated heterocycles. The van der Waals surface area contributed by atoms with Crippen LogP contribution in [0.25, 0.3) is 6.08 Å². The van der Waals surface area contributed by atoms with Gasteiger partial charge in [0.15, 0.2) is 0 Å². The molecule has 23 heavy (non-hydrogen) atoms. The number of carbonyl (C=O) groups excluding carboxylic acids is 2. The SMILES string of the molecule is O=C1NN(c2ccccc2)C(=O)/C1=C/c1ccc([N+](=O)[O-])cc1. The molecule has 0 radical (unpaired) electrons. The molecule has 0 aliphatic carbocycles. The van der Waals surface area contributed by atoms with E-state index in [1.807, 2.05) is 0 Å². The number of hydrogen-bond donors (Lipinski definition) is 1. The fourth-order valence-electron chi connectivity index (χ4n) is 2.18. The molecule has 2 amide bonds. The van der Waals surface area contributed by atoms with Gasteiger partial charge in [-0.25, -0.2) is 5.01 Å². The van der Waals surface area contributed by atoms with Gasteiger partial charge >= 0.3 is 0 Å². The molecule has 7 nitrogen and oxygen atoms in total. The maximum atomic E-state index is 12.4. The van der Waals surface area contributed by atoms with Crippen molar-refractivity contribution in [3.63, 3.8) is 0 Å². The van der Waals surface area contributed by atoms with Crippen LogP contribution in [0.5, 0.6) is 0 Å². The smallest absolute Gasteiger partial charge is 0.267 e. The number of carbonyl (C=O) groups is 2. The summed E-state index contributed by atoms with van der Waals surface area (Å²) in [5, 5.41) is 11.8. The number of anilines is 1. The van der Waals surface area contributed by atoms with Gasteiger partial charge in [0.25, 0.3) is 17.5 Å². The Balaban J connectivity index is 1.89. The number of nitrogens with one attached hydrogen (secondary N) is 1. The fourth-order valence-corrected chi connectivity index (χ4v) is 2.18. The van der Waals surface area contributed by atoms with E-state index in [0.717, 1.165) is 0 Å². The number of non-ortho nitro benzene ring substituents is 1. The quantitative estimate of drug-likeness (QED) is 0.406. The zero-order chi connectivity index (χ0) is 16.4. The maximum absolute atomic E-state index is 12.4. The van der Waals surface area contributed by atoms with Crippen LogP contribution in [-0.2, 0) is 9.59 Å². The molecule has 1 fully saturated rings. The van der Waals surface area contributed by atoms with Crippen molar-refractivity contribution in [3.05, 3.63) is 75.8 Å². The lowest BCUT2D eigenvalue weighted by Crippen LogP contribution is -2.35. The first-order valence-electron chi connectivity index (χ1n) is 6.73. The summed E-state index contributed by atoms with van der Waals surface area (Å²) >= 11 is 0. The Bertz CT molecular complexity index is 813. The highest BCUT2D eigenvalue weighted by Gasteiger charge is 2.34.